The van der Waals surface area contributed by atoms with Crippen LogP contribution in [0.25, 0.3) is 0 Å². The van der Waals surface area contributed by atoms with Gasteiger partial charge >= 0.3 is 12.0 Å². The molecule has 0 aromatic carbocycles. The smallest absolute Gasteiger partial charge is 0.317 e. The van der Waals surface area contributed by atoms with E-state index in [0.717, 1.165) is 19.5 Å². The maximum Gasteiger partial charge on any atom is 0.317 e. The summed E-state index contributed by atoms with van der Waals surface area (Å²) in [6.45, 7) is 5.97. The molecule has 0 saturated carbocycles. The van der Waals surface area contributed by atoms with E-state index in [4.69, 9.17) is 5.11 Å². The van der Waals surface area contributed by atoms with Crippen LogP contribution in [0.4, 0.5) is 4.79 Å². The SMILES string of the molecule is CC(C)C1CCN(C(=O)NC2C=CC(C(=O)O)C2)C1. The first-order chi connectivity index (χ1) is 8.97. The molecule has 0 aromatic heterocycles. The minimum Gasteiger partial charge on any atom is -0.481 e. The zero-order valence-corrected chi connectivity index (χ0v) is 11.5. The second-order valence-corrected chi connectivity index (χ2v) is 5.86. The highest BCUT2D eigenvalue weighted by molar-refractivity contribution is 5.76. The van der Waals surface area contributed by atoms with Gasteiger partial charge in [-0.2, -0.15) is 0 Å². The Morgan fingerprint density at radius 1 is 1.37 bits per heavy atom. The number of hydrogen-bond acceptors (Lipinski definition) is 2. The van der Waals surface area contributed by atoms with Gasteiger partial charge in [-0.05, 0) is 24.7 Å². The van der Waals surface area contributed by atoms with Crippen LogP contribution >= 0.6 is 0 Å². The number of carbonyl (C=O) groups excluding carboxylic acids is 1. The fourth-order valence-electron chi connectivity index (χ4n) is 2.75. The monoisotopic (exact) mass is 266 g/mol. The average molecular weight is 266 g/mol. The fourth-order valence-corrected chi connectivity index (χ4v) is 2.75. The van der Waals surface area contributed by atoms with Crippen molar-refractivity contribution in [2.45, 2.75) is 32.7 Å². The molecule has 1 saturated heterocycles. The molecule has 2 amide bonds. The van der Waals surface area contributed by atoms with Crippen LogP contribution in [0.5, 0.6) is 0 Å². The predicted octanol–water partition coefficient (Wildman–Crippen LogP) is 1.70. The van der Waals surface area contributed by atoms with Crippen molar-refractivity contribution in [2.75, 3.05) is 13.1 Å². The summed E-state index contributed by atoms with van der Waals surface area (Å²) in [6, 6.07) is -0.212. The fraction of sp³-hybridized carbons (Fsp3) is 0.714. The third-order valence-corrected chi connectivity index (χ3v) is 4.16. The summed E-state index contributed by atoms with van der Waals surface area (Å²) in [7, 11) is 0. The standard InChI is InChI=1S/C14H22N2O3/c1-9(2)11-5-6-16(8-11)14(19)15-12-4-3-10(7-12)13(17)18/h3-4,9-12H,5-8H2,1-2H3,(H,15,19)(H,17,18). The Hall–Kier alpha value is -1.52. The van der Waals surface area contributed by atoms with Crippen LogP contribution in [-0.4, -0.2) is 41.1 Å². The van der Waals surface area contributed by atoms with Crippen molar-refractivity contribution in [1.82, 2.24) is 10.2 Å². The van der Waals surface area contributed by atoms with E-state index in [-0.39, 0.29) is 12.1 Å². The van der Waals surface area contributed by atoms with Crippen LogP contribution in [0.1, 0.15) is 26.7 Å². The zero-order chi connectivity index (χ0) is 14.0. The first-order valence-corrected chi connectivity index (χ1v) is 6.94. The average Bonchev–Trinajstić information content (AvgIpc) is 2.96. The predicted molar refractivity (Wildman–Crippen MR) is 71.7 cm³/mol. The Balaban J connectivity index is 1.80. The molecule has 2 aliphatic rings. The van der Waals surface area contributed by atoms with E-state index >= 15 is 0 Å². The summed E-state index contributed by atoms with van der Waals surface area (Å²) >= 11 is 0. The first-order valence-electron chi connectivity index (χ1n) is 6.94. The first kappa shape index (κ1) is 13.9. The number of carboxylic acid groups (broad SMARTS) is 1. The van der Waals surface area contributed by atoms with Gasteiger partial charge < -0.3 is 15.3 Å². The number of rotatable bonds is 3. The van der Waals surface area contributed by atoms with Crippen molar-refractivity contribution >= 4 is 12.0 Å². The molecule has 5 nitrogen and oxygen atoms in total. The van der Waals surface area contributed by atoms with Gasteiger partial charge in [0.15, 0.2) is 0 Å². The number of urea groups is 1. The van der Waals surface area contributed by atoms with Gasteiger partial charge in [0.05, 0.1) is 12.0 Å². The summed E-state index contributed by atoms with van der Waals surface area (Å²) in [6.07, 6.45) is 4.97. The van der Waals surface area contributed by atoms with Gasteiger partial charge in [-0.1, -0.05) is 26.0 Å². The molecule has 3 unspecified atom stereocenters. The maximum absolute atomic E-state index is 12.1. The molecule has 3 atom stereocenters. The molecule has 0 spiro atoms. The van der Waals surface area contributed by atoms with Crippen molar-refractivity contribution in [2.24, 2.45) is 17.8 Å². The molecule has 2 N–H and O–H groups in total. The van der Waals surface area contributed by atoms with E-state index in [1.54, 1.807) is 12.2 Å². The Morgan fingerprint density at radius 2 is 2.11 bits per heavy atom. The van der Waals surface area contributed by atoms with Crippen LogP contribution in [0.3, 0.4) is 0 Å². The minimum atomic E-state index is -0.825. The van der Waals surface area contributed by atoms with Gasteiger partial charge in [0.25, 0.3) is 0 Å². The van der Waals surface area contributed by atoms with E-state index in [2.05, 4.69) is 19.2 Å². The molecule has 106 valence electrons. The van der Waals surface area contributed by atoms with E-state index in [1.807, 2.05) is 4.90 Å². The van der Waals surface area contributed by atoms with Crippen LogP contribution in [-0.2, 0) is 4.79 Å². The van der Waals surface area contributed by atoms with Crippen molar-refractivity contribution in [3.05, 3.63) is 12.2 Å². The Morgan fingerprint density at radius 3 is 2.63 bits per heavy atom. The lowest BCUT2D eigenvalue weighted by Gasteiger charge is -2.21. The van der Waals surface area contributed by atoms with Crippen molar-refractivity contribution in [3.8, 4) is 0 Å². The second-order valence-electron chi connectivity index (χ2n) is 5.86. The van der Waals surface area contributed by atoms with E-state index < -0.39 is 11.9 Å². The van der Waals surface area contributed by atoms with Crippen molar-refractivity contribution in [1.29, 1.82) is 0 Å². The summed E-state index contributed by atoms with van der Waals surface area (Å²) in [5.74, 6) is -0.112. The third-order valence-electron chi connectivity index (χ3n) is 4.16. The van der Waals surface area contributed by atoms with Gasteiger partial charge in [-0.25, -0.2) is 4.79 Å². The molecule has 1 fully saturated rings. The maximum atomic E-state index is 12.1. The number of carboxylic acids is 1. The molecular formula is C14H22N2O3. The van der Waals surface area contributed by atoms with Crippen LogP contribution < -0.4 is 5.32 Å². The molecule has 1 aliphatic heterocycles. The number of nitrogens with one attached hydrogen (secondary N) is 1. The molecule has 1 heterocycles. The third kappa shape index (κ3) is 3.28. The molecule has 2 rings (SSSR count). The van der Waals surface area contributed by atoms with Gasteiger partial charge in [-0.15, -0.1) is 0 Å². The van der Waals surface area contributed by atoms with E-state index in [9.17, 15) is 9.59 Å². The number of hydrogen-bond donors (Lipinski definition) is 2. The Kier molecular flexibility index (Phi) is 4.12. The lowest BCUT2D eigenvalue weighted by atomic mass is 9.95. The molecule has 19 heavy (non-hydrogen) atoms. The summed E-state index contributed by atoms with van der Waals surface area (Å²) in [5.41, 5.74) is 0. The van der Waals surface area contributed by atoms with Gasteiger partial charge in [0.2, 0.25) is 0 Å². The number of amides is 2. The zero-order valence-electron chi connectivity index (χ0n) is 11.5. The lowest BCUT2D eigenvalue weighted by Crippen LogP contribution is -2.43. The number of likely N-dealkylation sites (tertiary alicyclic amines) is 1. The van der Waals surface area contributed by atoms with Gasteiger partial charge in [-0.3, -0.25) is 4.79 Å². The molecule has 0 radical (unpaired) electrons. The van der Waals surface area contributed by atoms with Gasteiger partial charge in [0.1, 0.15) is 0 Å². The number of carbonyl (C=O) groups is 2. The molecule has 5 heteroatoms. The highest BCUT2D eigenvalue weighted by Crippen LogP contribution is 2.24. The Labute approximate surface area is 113 Å². The summed E-state index contributed by atoms with van der Waals surface area (Å²) in [5, 5.41) is 11.8. The molecule has 0 aromatic rings. The van der Waals surface area contributed by atoms with E-state index in [0.29, 0.717) is 18.3 Å². The summed E-state index contributed by atoms with van der Waals surface area (Å²) < 4.78 is 0. The van der Waals surface area contributed by atoms with Crippen molar-refractivity contribution in [3.63, 3.8) is 0 Å². The minimum absolute atomic E-state index is 0.0659. The number of nitrogens with zero attached hydrogens (tertiary/aromatic N) is 1. The Bertz CT molecular complexity index is 392. The molecule has 0 bridgehead atoms. The molecule has 1 aliphatic carbocycles. The highest BCUT2D eigenvalue weighted by Gasteiger charge is 2.30. The van der Waals surface area contributed by atoms with Crippen LogP contribution in [0.15, 0.2) is 12.2 Å². The quantitative estimate of drug-likeness (QED) is 0.764. The topological polar surface area (TPSA) is 69.6 Å². The van der Waals surface area contributed by atoms with Crippen molar-refractivity contribution < 1.29 is 14.7 Å². The normalized spacial score (nSPS) is 30.1. The van der Waals surface area contributed by atoms with Crippen LogP contribution in [0, 0.1) is 17.8 Å². The highest BCUT2D eigenvalue weighted by atomic mass is 16.4. The number of aliphatic carboxylic acids is 1. The lowest BCUT2D eigenvalue weighted by molar-refractivity contribution is -0.140. The van der Waals surface area contributed by atoms with E-state index in [1.165, 1.54) is 0 Å². The van der Waals surface area contributed by atoms with Gasteiger partial charge in [0, 0.05) is 13.1 Å². The largest absolute Gasteiger partial charge is 0.481 e. The summed E-state index contributed by atoms with van der Waals surface area (Å²) in [4.78, 5) is 24.8. The van der Waals surface area contributed by atoms with Crippen LogP contribution in [0.2, 0.25) is 0 Å². The second kappa shape index (κ2) is 5.63. The molecular weight excluding hydrogens is 244 g/mol.